The topological polar surface area (TPSA) is 74.1 Å². The van der Waals surface area contributed by atoms with Gasteiger partial charge in [-0.2, -0.15) is 4.98 Å². The molecule has 2 N–H and O–H groups in total. The SMILES string of the molecule is Cc1cccc(Nc2nc3cnc(Nc4ccc(N5CCN(C)CC5)cc4)nc3n2C2CCCC2)c1. The van der Waals surface area contributed by atoms with E-state index in [1.165, 1.54) is 24.1 Å². The molecule has 1 aliphatic carbocycles. The van der Waals surface area contributed by atoms with Gasteiger partial charge in [-0.05, 0) is 68.8 Å². The van der Waals surface area contributed by atoms with Crippen LogP contribution in [-0.4, -0.2) is 57.6 Å². The number of nitrogens with zero attached hydrogens (tertiary/aromatic N) is 6. The van der Waals surface area contributed by atoms with Gasteiger partial charge in [-0.25, -0.2) is 9.97 Å². The lowest BCUT2D eigenvalue weighted by Gasteiger charge is -2.34. The molecule has 8 nitrogen and oxygen atoms in total. The molecule has 186 valence electrons. The number of benzene rings is 2. The molecule has 2 fully saturated rings. The predicted octanol–water partition coefficient (Wildman–Crippen LogP) is 5.49. The Bertz CT molecular complexity index is 1330. The lowest BCUT2D eigenvalue weighted by Crippen LogP contribution is -2.44. The highest BCUT2D eigenvalue weighted by molar-refractivity contribution is 5.77. The highest BCUT2D eigenvalue weighted by Gasteiger charge is 2.24. The van der Waals surface area contributed by atoms with E-state index in [4.69, 9.17) is 9.97 Å². The molecule has 6 rings (SSSR count). The number of hydrogen-bond acceptors (Lipinski definition) is 7. The summed E-state index contributed by atoms with van der Waals surface area (Å²) in [5.41, 5.74) is 6.19. The highest BCUT2D eigenvalue weighted by Crippen LogP contribution is 2.36. The van der Waals surface area contributed by atoms with Gasteiger partial charge in [0.25, 0.3) is 0 Å². The van der Waals surface area contributed by atoms with Crippen molar-refractivity contribution in [3.05, 3.63) is 60.3 Å². The van der Waals surface area contributed by atoms with Crippen LogP contribution >= 0.6 is 0 Å². The summed E-state index contributed by atoms with van der Waals surface area (Å²) in [6.07, 6.45) is 6.60. The second kappa shape index (κ2) is 9.78. The van der Waals surface area contributed by atoms with Crippen molar-refractivity contribution in [1.82, 2.24) is 24.4 Å². The summed E-state index contributed by atoms with van der Waals surface area (Å²) in [6, 6.07) is 17.4. The molecule has 2 aliphatic rings. The second-order valence-electron chi connectivity index (χ2n) is 10.1. The van der Waals surface area contributed by atoms with Crippen LogP contribution in [0.25, 0.3) is 11.2 Å². The van der Waals surface area contributed by atoms with Crippen LogP contribution < -0.4 is 15.5 Å². The van der Waals surface area contributed by atoms with Crippen LogP contribution in [0.5, 0.6) is 0 Å². The number of aromatic nitrogens is 4. The maximum atomic E-state index is 4.94. The first kappa shape index (κ1) is 22.8. The van der Waals surface area contributed by atoms with Crippen molar-refractivity contribution in [1.29, 1.82) is 0 Å². The van der Waals surface area contributed by atoms with Gasteiger partial charge in [0.05, 0.1) is 6.20 Å². The first-order valence-corrected chi connectivity index (χ1v) is 13.0. The fraction of sp³-hybridized carbons (Fsp3) is 0.393. The van der Waals surface area contributed by atoms with Gasteiger partial charge in [-0.3, -0.25) is 4.57 Å². The van der Waals surface area contributed by atoms with Crippen molar-refractivity contribution in [2.75, 3.05) is 48.8 Å². The van der Waals surface area contributed by atoms with Gasteiger partial charge in [-0.15, -0.1) is 0 Å². The summed E-state index contributed by atoms with van der Waals surface area (Å²) in [5, 5.41) is 6.95. The second-order valence-corrected chi connectivity index (χ2v) is 10.1. The van der Waals surface area contributed by atoms with Crippen LogP contribution in [0.4, 0.5) is 29.0 Å². The lowest BCUT2D eigenvalue weighted by molar-refractivity contribution is 0.313. The zero-order valence-corrected chi connectivity index (χ0v) is 21.1. The Labute approximate surface area is 212 Å². The van der Waals surface area contributed by atoms with Gasteiger partial charge in [0.2, 0.25) is 11.9 Å². The van der Waals surface area contributed by atoms with Gasteiger partial charge in [0, 0.05) is 49.3 Å². The summed E-state index contributed by atoms with van der Waals surface area (Å²) < 4.78 is 2.29. The Morgan fingerprint density at radius 1 is 0.861 bits per heavy atom. The maximum absolute atomic E-state index is 4.94. The van der Waals surface area contributed by atoms with E-state index >= 15 is 0 Å². The Hall–Kier alpha value is -3.65. The maximum Gasteiger partial charge on any atom is 0.229 e. The van der Waals surface area contributed by atoms with E-state index in [0.29, 0.717) is 12.0 Å². The Morgan fingerprint density at radius 2 is 1.64 bits per heavy atom. The standard InChI is InChI=1S/C28H34N8/c1-20-6-5-7-22(18-20)31-28-32-25-19-29-27(33-26(25)36(28)24-8-3-4-9-24)30-21-10-12-23(13-11-21)35-16-14-34(2)15-17-35/h5-7,10-13,18-19,24H,3-4,8-9,14-17H2,1-2H3,(H,31,32)(H,29,30,33). The van der Waals surface area contributed by atoms with Crippen molar-refractivity contribution >= 4 is 40.1 Å². The van der Waals surface area contributed by atoms with Crippen LogP contribution in [0.2, 0.25) is 0 Å². The van der Waals surface area contributed by atoms with Crippen molar-refractivity contribution in [3.63, 3.8) is 0 Å². The zero-order valence-electron chi connectivity index (χ0n) is 21.1. The fourth-order valence-corrected chi connectivity index (χ4v) is 5.35. The molecule has 36 heavy (non-hydrogen) atoms. The highest BCUT2D eigenvalue weighted by atomic mass is 15.3. The molecule has 8 heteroatoms. The quantitative estimate of drug-likeness (QED) is 0.376. The third kappa shape index (κ3) is 4.73. The number of hydrogen-bond donors (Lipinski definition) is 2. The van der Waals surface area contributed by atoms with E-state index in [2.05, 4.69) is 92.5 Å². The summed E-state index contributed by atoms with van der Waals surface area (Å²) in [4.78, 5) is 19.2. The van der Waals surface area contributed by atoms with Gasteiger partial charge in [0.15, 0.2) is 5.65 Å². The minimum absolute atomic E-state index is 0.396. The molecule has 3 heterocycles. The first-order chi connectivity index (χ1) is 17.6. The third-order valence-corrected chi connectivity index (χ3v) is 7.39. The van der Waals surface area contributed by atoms with Crippen molar-refractivity contribution in [2.45, 2.75) is 38.6 Å². The number of fused-ring (bicyclic) bond motifs is 1. The minimum atomic E-state index is 0.396. The fourth-order valence-electron chi connectivity index (χ4n) is 5.35. The molecule has 2 aromatic carbocycles. The van der Waals surface area contributed by atoms with Crippen molar-refractivity contribution < 1.29 is 0 Å². The Balaban J connectivity index is 1.27. The lowest BCUT2D eigenvalue weighted by atomic mass is 10.2. The smallest absolute Gasteiger partial charge is 0.229 e. The molecular weight excluding hydrogens is 448 g/mol. The van der Waals surface area contributed by atoms with Gasteiger partial charge in [-0.1, -0.05) is 25.0 Å². The summed E-state index contributed by atoms with van der Waals surface area (Å²) >= 11 is 0. The number of likely N-dealkylation sites (N-methyl/N-ethyl adjacent to an activating group) is 1. The van der Waals surface area contributed by atoms with Crippen molar-refractivity contribution in [3.8, 4) is 0 Å². The molecule has 1 saturated heterocycles. The van der Waals surface area contributed by atoms with Crippen molar-refractivity contribution in [2.24, 2.45) is 0 Å². The largest absolute Gasteiger partial charge is 0.369 e. The molecule has 0 atom stereocenters. The summed E-state index contributed by atoms with van der Waals surface area (Å²) in [6.45, 7) is 6.43. The molecule has 1 aliphatic heterocycles. The van der Waals surface area contributed by atoms with Gasteiger partial charge >= 0.3 is 0 Å². The monoisotopic (exact) mass is 482 g/mol. The molecule has 0 unspecified atom stereocenters. The zero-order chi connectivity index (χ0) is 24.5. The molecule has 0 spiro atoms. The van der Waals surface area contributed by atoms with E-state index in [9.17, 15) is 0 Å². The normalized spacial score (nSPS) is 17.1. The number of rotatable bonds is 6. The van der Waals surface area contributed by atoms with Crippen LogP contribution in [0.1, 0.15) is 37.3 Å². The van der Waals surface area contributed by atoms with Crippen LogP contribution in [-0.2, 0) is 0 Å². The molecule has 0 bridgehead atoms. The number of nitrogens with one attached hydrogen (secondary N) is 2. The van der Waals surface area contributed by atoms with Gasteiger partial charge < -0.3 is 20.4 Å². The molecular formula is C28H34N8. The summed E-state index contributed by atoms with van der Waals surface area (Å²) in [5.74, 6) is 1.43. The van der Waals surface area contributed by atoms with E-state index in [1.807, 2.05) is 6.20 Å². The molecule has 2 aromatic heterocycles. The van der Waals surface area contributed by atoms with Crippen LogP contribution in [0.15, 0.2) is 54.7 Å². The van der Waals surface area contributed by atoms with E-state index < -0.39 is 0 Å². The summed E-state index contributed by atoms with van der Waals surface area (Å²) in [7, 11) is 2.18. The number of imidazole rings is 1. The molecule has 4 aromatic rings. The first-order valence-electron chi connectivity index (χ1n) is 13.0. The average molecular weight is 483 g/mol. The Morgan fingerprint density at radius 3 is 2.39 bits per heavy atom. The predicted molar refractivity (Wildman–Crippen MR) is 147 cm³/mol. The minimum Gasteiger partial charge on any atom is -0.369 e. The van der Waals surface area contributed by atoms with E-state index in [-0.39, 0.29) is 0 Å². The number of anilines is 5. The van der Waals surface area contributed by atoms with E-state index in [0.717, 1.165) is 67.5 Å². The van der Waals surface area contributed by atoms with Gasteiger partial charge in [0.1, 0.15) is 5.52 Å². The molecule has 0 amide bonds. The van der Waals surface area contributed by atoms with Crippen LogP contribution in [0, 0.1) is 6.92 Å². The Kier molecular flexibility index (Phi) is 6.19. The average Bonchev–Trinajstić information content (AvgIpc) is 3.52. The van der Waals surface area contributed by atoms with E-state index in [1.54, 1.807) is 0 Å². The van der Waals surface area contributed by atoms with Crippen LogP contribution in [0.3, 0.4) is 0 Å². The molecule has 1 saturated carbocycles. The number of aryl methyl sites for hydroxylation is 1. The third-order valence-electron chi connectivity index (χ3n) is 7.39. The molecule has 0 radical (unpaired) electrons. The number of piperazine rings is 1.